The van der Waals surface area contributed by atoms with Crippen LogP contribution in [0.25, 0.3) is 21.9 Å². The van der Waals surface area contributed by atoms with Crippen molar-refractivity contribution in [3.63, 3.8) is 0 Å². The van der Waals surface area contributed by atoms with Crippen molar-refractivity contribution in [2.24, 2.45) is 0 Å². The fraction of sp³-hybridized carbons (Fsp3) is 0.233. The van der Waals surface area contributed by atoms with Gasteiger partial charge in [-0.1, -0.05) is 0 Å². The Morgan fingerprint density at radius 3 is 2.13 bits per heavy atom. The predicted octanol–water partition coefficient (Wildman–Crippen LogP) is 11.0. The second-order valence-electron chi connectivity index (χ2n) is 14.7. The Balaban J connectivity index is 1.62. The van der Waals surface area contributed by atoms with Crippen LogP contribution in [0.5, 0.6) is 0 Å². The molecule has 0 atom stereocenters. The van der Waals surface area contributed by atoms with Crippen molar-refractivity contribution in [2.45, 2.75) is 65.2 Å². The zero-order chi connectivity index (χ0) is 31.5. The van der Waals surface area contributed by atoms with Gasteiger partial charge in [0.25, 0.3) is 0 Å². The maximum absolute atomic E-state index is 6.51. The van der Waals surface area contributed by atoms with Crippen LogP contribution in [0.1, 0.15) is 81.3 Å². The topological polar surface area (TPSA) is 0 Å². The number of allylic oxidation sites excluding steroid dienone is 4. The molecule has 0 unspecified atom stereocenters. The Labute approximate surface area is 281 Å². The molecule has 224 valence electrons. The first-order valence-electron chi connectivity index (χ1n) is 16.1. The molecule has 2 heteroatoms. The molecule has 45 heavy (non-hydrogen) atoms. The van der Waals surface area contributed by atoms with Crippen LogP contribution in [-0.4, -0.2) is 3.21 Å². The molecule has 0 radical (unpaired) electrons. The first-order valence-corrected chi connectivity index (χ1v) is 20.2. The van der Waals surface area contributed by atoms with Gasteiger partial charge in [-0.25, -0.2) is 0 Å². The van der Waals surface area contributed by atoms with E-state index in [0.29, 0.717) is 0 Å². The Kier molecular flexibility index (Phi) is 7.87. The van der Waals surface area contributed by atoms with Crippen LogP contribution < -0.4 is 3.27 Å². The van der Waals surface area contributed by atoms with E-state index in [2.05, 4.69) is 157 Å². The molecule has 0 spiro atoms. The van der Waals surface area contributed by atoms with Gasteiger partial charge >= 0.3 is 283 Å². The van der Waals surface area contributed by atoms with Crippen molar-refractivity contribution in [1.29, 1.82) is 0 Å². The molecule has 0 saturated heterocycles. The minimum atomic E-state index is -2.85. The van der Waals surface area contributed by atoms with Crippen LogP contribution >= 0.6 is 11.6 Å². The number of rotatable bonds is 4. The van der Waals surface area contributed by atoms with Crippen LogP contribution in [0.3, 0.4) is 0 Å². The third-order valence-corrected chi connectivity index (χ3v) is 17.3. The second-order valence-corrected chi connectivity index (χ2v) is 21.1. The van der Waals surface area contributed by atoms with Crippen molar-refractivity contribution in [2.75, 3.05) is 0 Å². The summed E-state index contributed by atoms with van der Waals surface area (Å²) in [6.45, 7) is 14.1. The zero-order valence-corrected chi connectivity index (χ0v) is 30.5. The van der Waals surface area contributed by atoms with Gasteiger partial charge in [-0.15, -0.1) is 0 Å². The summed E-state index contributed by atoms with van der Waals surface area (Å²) in [7, 11) is 0. The molecular formula is C43H41ClZr. The molecule has 0 aliphatic heterocycles. The van der Waals surface area contributed by atoms with Gasteiger partial charge in [-0.2, -0.15) is 0 Å². The molecule has 0 heterocycles. The molecule has 2 aliphatic carbocycles. The molecule has 0 N–H and O–H groups in total. The monoisotopic (exact) mass is 682 g/mol. The van der Waals surface area contributed by atoms with E-state index >= 15 is 0 Å². The van der Waals surface area contributed by atoms with Crippen molar-refractivity contribution < 1.29 is 21.3 Å². The molecule has 0 nitrogen and oxygen atoms in total. The van der Waals surface area contributed by atoms with Gasteiger partial charge in [0.2, 0.25) is 0 Å². The molecule has 0 fully saturated rings. The third-order valence-electron chi connectivity index (χ3n) is 9.55. The zero-order valence-electron chi connectivity index (χ0n) is 27.3. The Bertz CT molecular complexity index is 2050. The standard InChI is InChI=1S/C21H25.C17H11Cl.C5H5.Zr/c1-20(2,3)16-9-7-14-11-15-8-10-17(21(4,5)6)13-19(15)18(14)12-16;18-16-10-8-13(9-11-16)12-15-6-3-5-14-4-1-2-7-17(14)15;1-2-4-5-3-1;/h7,9-10,12-13H,11H2,1-6H3;1-11H;1-3H,4H2;. The van der Waals surface area contributed by atoms with E-state index in [0.717, 1.165) is 17.9 Å². The number of hydrogen-bond donors (Lipinski definition) is 0. The molecule has 0 amide bonds. The van der Waals surface area contributed by atoms with Crippen LogP contribution in [0, 0.1) is 0 Å². The summed E-state index contributed by atoms with van der Waals surface area (Å²) in [6.07, 6.45) is 9.13. The maximum atomic E-state index is 6.51. The van der Waals surface area contributed by atoms with Gasteiger partial charge in [0.05, 0.1) is 0 Å². The van der Waals surface area contributed by atoms with Gasteiger partial charge in [0.1, 0.15) is 0 Å². The molecule has 5 aromatic carbocycles. The van der Waals surface area contributed by atoms with E-state index < -0.39 is 21.3 Å². The van der Waals surface area contributed by atoms with E-state index in [1.54, 1.807) is 15.3 Å². The predicted molar refractivity (Wildman–Crippen MR) is 192 cm³/mol. The first kappa shape index (κ1) is 30.5. The van der Waals surface area contributed by atoms with Gasteiger partial charge in [0, 0.05) is 0 Å². The van der Waals surface area contributed by atoms with Crippen LogP contribution in [0.4, 0.5) is 0 Å². The van der Waals surface area contributed by atoms with Crippen molar-refractivity contribution >= 4 is 28.9 Å². The Hall–Kier alpha value is -3.12. The molecule has 0 saturated carbocycles. The minimum absolute atomic E-state index is 0.0324. The van der Waals surface area contributed by atoms with Gasteiger partial charge in [0.15, 0.2) is 0 Å². The summed E-state index contributed by atoms with van der Waals surface area (Å²) >= 11 is 3.66. The number of hydrogen-bond acceptors (Lipinski definition) is 0. The van der Waals surface area contributed by atoms with E-state index in [1.165, 1.54) is 49.7 Å². The van der Waals surface area contributed by atoms with Crippen molar-refractivity contribution in [3.8, 4) is 11.1 Å². The Morgan fingerprint density at radius 1 is 0.711 bits per heavy atom. The Morgan fingerprint density at radius 2 is 1.42 bits per heavy atom. The summed E-state index contributed by atoms with van der Waals surface area (Å²) in [4.78, 5) is 0. The summed E-state index contributed by atoms with van der Waals surface area (Å²) in [6, 6.07) is 36.9. The van der Waals surface area contributed by atoms with Gasteiger partial charge < -0.3 is 0 Å². The van der Waals surface area contributed by atoms with E-state index in [4.69, 9.17) is 11.6 Å². The normalized spacial score (nSPS) is 14.8. The number of benzene rings is 5. The summed E-state index contributed by atoms with van der Waals surface area (Å²) in [5, 5.41) is 3.40. The summed E-state index contributed by atoms with van der Waals surface area (Å²) in [5.74, 6) is 0. The van der Waals surface area contributed by atoms with Crippen molar-refractivity contribution in [1.82, 2.24) is 0 Å². The molecular weight excluding hydrogens is 643 g/mol. The fourth-order valence-electron chi connectivity index (χ4n) is 6.99. The molecule has 0 bridgehead atoms. The van der Waals surface area contributed by atoms with Crippen LogP contribution in [0.2, 0.25) is 5.02 Å². The van der Waals surface area contributed by atoms with E-state index in [-0.39, 0.29) is 10.8 Å². The van der Waals surface area contributed by atoms with Gasteiger partial charge in [-0.05, 0) is 0 Å². The molecule has 5 aromatic rings. The average molecular weight is 684 g/mol. The number of halogens is 1. The van der Waals surface area contributed by atoms with E-state index in [1.807, 2.05) is 0 Å². The molecule has 2 aliphatic rings. The fourth-order valence-corrected chi connectivity index (χ4v) is 15.2. The summed E-state index contributed by atoms with van der Waals surface area (Å²) < 4.78 is 4.80. The SMILES string of the molecule is CC(C)(C)c1ccc2c(c1)-c1cc(C(C)(C)C)c[c](/[Zr]([C]3=CC=CC3)=[C](\c3ccc(Cl)cc3)c3cccc4ccccc34)c1C2. The summed E-state index contributed by atoms with van der Waals surface area (Å²) in [5.41, 5.74) is 11.6. The molecule has 7 rings (SSSR count). The second kappa shape index (κ2) is 11.6. The quantitative estimate of drug-likeness (QED) is 0.173. The molecule has 0 aromatic heterocycles. The third kappa shape index (κ3) is 5.73. The average Bonchev–Trinajstić information content (AvgIpc) is 3.67. The van der Waals surface area contributed by atoms with Crippen LogP contribution in [-0.2, 0) is 38.5 Å². The number of fused-ring (bicyclic) bond motifs is 4. The van der Waals surface area contributed by atoms with Gasteiger partial charge in [-0.3, -0.25) is 0 Å². The van der Waals surface area contributed by atoms with E-state index in [9.17, 15) is 0 Å². The van der Waals surface area contributed by atoms with Crippen molar-refractivity contribution in [3.05, 3.63) is 157 Å². The van der Waals surface area contributed by atoms with Crippen LogP contribution in [0.15, 0.2) is 119 Å². The first-order chi connectivity index (χ1) is 21.5.